The Labute approximate surface area is 174 Å². The third-order valence-corrected chi connectivity index (χ3v) is 5.57. The van der Waals surface area contributed by atoms with E-state index in [0.29, 0.717) is 18.7 Å². The Morgan fingerprint density at radius 3 is 2.33 bits per heavy atom. The van der Waals surface area contributed by atoms with Gasteiger partial charge in [-0.05, 0) is 31.2 Å². The van der Waals surface area contributed by atoms with Crippen molar-refractivity contribution < 1.29 is 4.79 Å². The number of carbonyl (C=O) groups excluding carboxylic acids is 1. The first-order valence-corrected chi connectivity index (χ1v) is 10.1. The van der Waals surface area contributed by atoms with Crippen LogP contribution in [0.5, 0.6) is 0 Å². The van der Waals surface area contributed by atoms with Crippen LogP contribution in [0, 0.1) is 6.92 Å². The highest BCUT2D eigenvalue weighted by Crippen LogP contribution is 2.20. The van der Waals surface area contributed by atoms with Crippen molar-refractivity contribution >= 4 is 22.8 Å². The molecule has 150 valence electrons. The molecule has 7 nitrogen and oxygen atoms in total. The number of carbonyl (C=O) groups is 1. The second-order valence-corrected chi connectivity index (χ2v) is 7.39. The summed E-state index contributed by atoms with van der Waals surface area (Å²) in [6, 6.07) is 17.7. The van der Waals surface area contributed by atoms with Crippen LogP contribution in [0.2, 0.25) is 0 Å². The lowest BCUT2D eigenvalue weighted by atomic mass is 10.2. The first-order chi connectivity index (χ1) is 14.7. The molecule has 0 atom stereocenters. The molecule has 2 aromatic heterocycles. The SMILES string of the molecule is Cc1c(C(=O)N2CCN(c3cnc4ccccc4n3)CC2)cnn1-c1ccccc1. The predicted molar refractivity (Wildman–Crippen MR) is 116 cm³/mol. The fourth-order valence-corrected chi connectivity index (χ4v) is 3.86. The molecule has 5 rings (SSSR count). The van der Waals surface area contributed by atoms with Crippen LogP contribution in [0.15, 0.2) is 67.0 Å². The first kappa shape index (κ1) is 18.3. The van der Waals surface area contributed by atoms with Crippen LogP contribution >= 0.6 is 0 Å². The lowest BCUT2D eigenvalue weighted by Crippen LogP contribution is -2.49. The Morgan fingerprint density at radius 2 is 1.57 bits per heavy atom. The number of rotatable bonds is 3. The van der Waals surface area contributed by atoms with Crippen molar-refractivity contribution in [1.29, 1.82) is 0 Å². The third-order valence-electron chi connectivity index (χ3n) is 5.57. The fourth-order valence-electron chi connectivity index (χ4n) is 3.86. The topological polar surface area (TPSA) is 67.2 Å². The minimum Gasteiger partial charge on any atom is -0.352 e. The molecule has 2 aromatic carbocycles. The van der Waals surface area contributed by atoms with E-state index in [0.717, 1.165) is 41.3 Å². The Bertz CT molecular complexity index is 1190. The van der Waals surface area contributed by atoms with Crippen LogP contribution in [0.1, 0.15) is 16.1 Å². The molecule has 0 unspecified atom stereocenters. The quantitative estimate of drug-likeness (QED) is 0.531. The molecule has 1 amide bonds. The molecule has 0 aliphatic carbocycles. The molecule has 0 spiro atoms. The summed E-state index contributed by atoms with van der Waals surface area (Å²) in [5, 5.41) is 4.43. The number of anilines is 1. The highest BCUT2D eigenvalue weighted by Gasteiger charge is 2.26. The number of hydrogen-bond donors (Lipinski definition) is 0. The molecule has 0 radical (unpaired) electrons. The van der Waals surface area contributed by atoms with Gasteiger partial charge in [0.1, 0.15) is 5.82 Å². The van der Waals surface area contributed by atoms with Gasteiger partial charge < -0.3 is 9.80 Å². The zero-order valence-corrected chi connectivity index (χ0v) is 16.8. The third kappa shape index (κ3) is 3.28. The molecule has 3 heterocycles. The van der Waals surface area contributed by atoms with E-state index in [1.165, 1.54) is 0 Å². The minimum absolute atomic E-state index is 0.0268. The van der Waals surface area contributed by atoms with Crippen LogP contribution in [-0.4, -0.2) is 56.7 Å². The lowest BCUT2D eigenvalue weighted by molar-refractivity contribution is 0.0745. The zero-order chi connectivity index (χ0) is 20.5. The number of nitrogens with zero attached hydrogens (tertiary/aromatic N) is 6. The van der Waals surface area contributed by atoms with Gasteiger partial charge in [-0.1, -0.05) is 30.3 Å². The van der Waals surface area contributed by atoms with Crippen LogP contribution in [0.3, 0.4) is 0 Å². The number of benzene rings is 2. The summed E-state index contributed by atoms with van der Waals surface area (Å²) >= 11 is 0. The number of amides is 1. The summed E-state index contributed by atoms with van der Waals surface area (Å²) in [5.74, 6) is 0.882. The van der Waals surface area contributed by atoms with Crippen LogP contribution < -0.4 is 4.90 Å². The summed E-state index contributed by atoms with van der Waals surface area (Å²) in [7, 11) is 0. The summed E-state index contributed by atoms with van der Waals surface area (Å²) in [4.78, 5) is 26.4. The normalized spacial score (nSPS) is 14.3. The summed E-state index contributed by atoms with van der Waals surface area (Å²) in [6.07, 6.45) is 3.49. The molecule has 0 N–H and O–H groups in total. The van der Waals surface area contributed by atoms with Crippen molar-refractivity contribution in [3.05, 3.63) is 78.2 Å². The number of para-hydroxylation sites is 3. The smallest absolute Gasteiger partial charge is 0.257 e. The van der Waals surface area contributed by atoms with Gasteiger partial charge in [-0.15, -0.1) is 0 Å². The van der Waals surface area contributed by atoms with Gasteiger partial charge in [-0.3, -0.25) is 9.78 Å². The summed E-state index contributed by atoms with van der Waals surface area (Å²) in [5.41, 5.74) is 4.24. The van der Waals surface area contributed by atoms with Crippen molar-refractivity contribution in [2.45, 2.75) is 6.92 Å². The maximum Gasteiger partial charge on any atom is 0.257 e. The Hall–Kier alpha value is -3.74. The maximum absolute atomic E-state index is 13.1. The van der Waals surface area contributed by atoms with Gasteiger partial charge in [0.05, 0.1) is 40.4 Å². The van der Waals surface area contributed by atoms with E-state index in [1.54, 1.807) is 6.20 Å². The molecule has 0 saturated carbocycles. The lowest BCUT2D eigenvalue weighted by Gasteiger charge is -2.35. The number of fused-ring (bicyclic) bond motifs is 1. The second-order valence-electron chi connectivity index (χ2n) is 7.39. The molecule has 1 aliphatic heterocycles. The second kappa shape index (κ2) is 7.59. The molecule has 30 heavy (non-hydrogen) atoms. The fraction of sp³-hybridized carbons (Fsp3) is 0.217. The largest absolute Gasteiger partial charge is 0.352 e. The van der Waals surface area contributed by atoms with E-state index in [-0.39, 0.29) is 5.91 Å². The molecule has 0 bridgehead atoms. The molecular formula is C23H22N6O. The van der Waals surface area contributed by atoms with E-state index >= 15 is 0 Å². The van der Waals surface area contributed by atoms with E-state index < -0.39 is 0 Å². The van der Waals surface area contributed by atoms with Crippen molar-refractivity contribution in [3.8, 4) is 5.69 Å². The first-order valence-electron chi connectivity index (χ1n) is 10.1. The maximum atomic E-state index is 13.1. The predicted octanol–water partition coefficient (Wildman–Crippen LogP) is 3.09. The van der Waals surface area contributed by atoms with E-state index in [9.17, 15) is 4.79 Å². The highest BCUT2D eigenvalue weighted by molar-refractivity contribution is 5.95. The van der Waals surface area contributed by atoms with Gasteiger partial charge in [-0.2, -0.15) is 5.10 Å². The highest BCUT2D eigenvalue weighted by atomic mass is 16.2. The summed E-state index contributed by atoms with van der Waals surface area (Å²) in [6.45, 7) is 4.68. The Kier molecular flexibility index (Phi) is 4.63. The van der Waals surface area contributed by atoms with Crippen LogP contribution in [0.4, 0.5) is 5.82 Å². The van der Waals surface area contributed by atoms with Crippen LogP contribution in [-0.2, 0) is 0 Å². The number of aromatic nitrogens is 4. The van der Waals surface area contributed by atoms with Gasteiger partial charge in [0, 0.05) is 26.2 Å². The monoisotopic (exact) mass is 398 g/mol. The van der Waals surface area contributed by atoms with Crippen molar-refractivity contribution in [3.63, 3.8) is 0 Å². The van der Waals surface area contributed by atoms with Crippen molar-refractivity contribution in [1.82, 2.24) is 24.6 Å². The average molecular weight is 398 g/mol. The van der Waals surface area contributed by atoms with Gasteiger partial charge in [0.25, 0.3) is 5.91 Å². The van der Waals surface area contributed by atoms with Gasteiger partial charge >= 0.3 is 0 Å². The standard InChI is InChI=1S/C23H22N6O/c1-17-19(15-25-29(17)18-7-3-2-4-8-18)23(30)28-13-11-27(12-14-28)22-16-24-20-9-5-6-10-21(20)26-22/h2-10,15-16H,11-14H2,1H3. The molecule has 1 aliphatic rings. The molecular weight excluding hydrogens is 376 g/mol. The van der Waals surface area contributed by atoms with Crippen LogP contribution in [0.25, 0.3) is 16.7 Å². The summed E-state index contributed by atoms with van der Waals surface area (Å²) < 4.78 is 1.81. The van der Waals surface area contributed by atoms with Crippen molar-refractivity contribution in [2.24, 2.45) is 0 Å². The number of hydrogen-bond acceptors (Lipinski definition) is 5. The van der Waals surface area contributed by atoms with Gasteiger partial charge in [-0.25, -0.2) is 9.67 Å². The van der Waals surface area contributed by atoms with E-state index in [4.69, 9.17) is 4.98 Å². The Morgan fingerprint density at radius 1 is 0.867 bits per heavy atom. The van der Waals surface area contributed by atoms with Crippen molar-refractivity contribution in [2.75, 3.05) is 31.1 Å². The minimum atomic E-state index is 0.0268. The number of piperazine rings is 1. The Balaban J connectivity index is 1.29. The van der Waals surface area contributed by atoms with Gasteiger partial charge in [0.15, 0.2) is 0 Å². The average Bonchev–Trinajstić information content (AvgIpc) is 3.20. The molecule has 1 saturated heterocycles. The van der Waals surface area contributed by atoms with E-state index in [2.05, 4.69) is 15.0 Å². The van der Waals surface area contributed by atoms with Gasteiger partial charge in [0.2, 0.25) is 0 Å². The molecule has 4 aromatic rings. The molecule has 1 fully saturated rings. The molecule has 7 heteroatoms. The zero-order valence-electron chi connectivity index (χ0n) is 16.8. The van der Waals surface area contributed by atoms with E-state index in [1.807, 2.05) is 77.3 Å².